The van der Waals surface area contributed by atoms with Gasteiger partial charge in [-0.15, -0.1) is 0 Å². The van der Waals surface area contributed by atoms with Crippen LogP contribution in [0.3, 0.4) is 0 Å². The van der Waals surface area contributed by atoms with Crippen molar-refractivity contribution in [1.82, 2.24) is 9.80 Å². The number of carbonyl (C=O) groups excluding carboxylic acids is 2. The highest BCUT2D eigenvalue weighted by molar-refractivity contribution is 5.97. The molecule has 1 heterocycles. The van der Waals surface area contributed by atoms with Crippen LogP contribution in [-0.4, -0.2) is 41.4 Å². The number of imide groups is 1. The number of amides is 3. The molecule has 1 rings (SSSR count). The van der Waals surface area contributed by atoms with Gasteiger partial charge in [-0.3, -0.25) is 9.69 Å². The largest absolute Gasteiger partial charge is 0.326 e. The zero-order chi connectivity index (χ0) is 13.4. The van der Waals surface area contributed by atoms with Crippen LogP contribution in [0.1, 0.15) is 41.0 Å². The quantitative estimate of drug-likeness (QED) is 0.743. The Morgan fingerprint density at radius 3 is 2.41 bits per heavy atom. The first kappa shape index (κ1) is 14.0. The van der Waals surface area contributed by atoms with E-state index in [1.54, 1.807) is 11.9 Å². The molecule has 0 spiro atoms. The maximum atomic E-state index is 12.3. The molecule has 2 atom stereocenters. The molecule has 0 N–H and O–H groups in total. The van der Waals surface area contributed by atoms with Gasteiger partial charge in [0.25, 0.3) is 0 Å². The summed E-state index contributed by atoms with van der Waals surface area (Å²) in [5.41, 5.74) is -0.0798. The van der Waals surface area contributed by atoms with Crippen molar-refractivity contribution in [1.29, 1.82) is 0 Å². The molecule has 1 aliphatic rings. The third kappa shape index (κ3) is 2.61. The van der Waals surface area contributed by atoms with Crippen molar-refractivity contribution in [3.05, 3.63) is 0 Å². The molecule has 98 valence electrons. The van der Waals surface area contributed by atoms with Crippen molar-refractivity contribution in [3.8, 4) is 0 Å². The second kappa shape index (κ2) is 4.67. The Hall–Kier alpha value is -1.06. The predicted molar refractivity (Wildman–Crippen MR) is 67.6 cm³/mol. The van der Waals surface area contributed by atoms with Gasteiger partial charge in [-0.2, -0.15) is 0 Å². The Kier molecular flexibility index (Phi) is 3.84. The van der Waals surface area contributed by atoms with Crippen LogP contribution in [0.2, 0.25) is 0 Å². The summed E-state index contributed by atoms with van der Waals surface area (Å²) < 4.78 is 0. The van der Waals surface area contributed by atoms with Crippen molar-refractivity contribution in [3.63, 3.8) is 0 Å². The molecule has 0 aromatic carbocycles. The first-order valence-corrected chi connectivity index (χ1v) is 6.28. The van der Waals surface area contributed by atoms with Crippen molar-refractivity contribution in [2.24, 2.45) is 11.3 Å². The number of urea groups is 1. The van der Waals surface area contributed by atoms with Crippen LogP contribution in [0.25, 0.3) is 0 Å². The number of carbonyl (C=O) groups is 2. The van der Waals surface area contributed by atoms with Gasteiger partial charge in [0.2, 0.25) is 5.91 Å². The lowest BCUT2D eigenvalue weighted by molar-refractivity contribution is -0.134. The summed E-state index contributed by atoms with van der Waals surface area (Å²) >= 11 is 0. The second-order valence-electron chi connectivity index (χ2n) is 6.06. The second-order valence-corrected chi connectivity index (χ2v) is 6.06. The fourth-order valence-electron chi connectivity index (χ4n) is 2.06. The van der Waals surface area contributed by atoms with E-state index in [4.69, 9.17) is 0 Å². The van der Waals surface area contributed by atoms with Crippen LogP contribution in [0.4, 0.5) is 4.79 Å². The molecule has 4 heteroatoms. The maximum Gasteiger partial charge on any atom is 0.326 e. The number of hydrogen-bond acceptors (Lipinski definition) is 2. The Morgan fingerprint density at radius 2 is 2.00 bits per heavy atom. The molecule has 0 aromatic rings. The third-order valence-corrected chi connectivity index (χ3v) is 3.56. The number of nitrogens with zero attached hydrogens (tertiary/aromatic N) is 2. The third-order valence-electron chi connectivity index (χ3n) is 3.56. The summed E-state index contributed by atoms with van der Waals surface area (Å²) in [5.74, 6) is -0.128. The highest BCUT2D eigenvalue weighted by Gasteiger charge is 2.45. The molecule has 1 saturated heterocycles. The predicted octanol–water partition coefficient (Wildman–Crippen LogP) is 2.34. The van der Waals surface area contributed by atoms with E-state index < -0.39 is 0 Å². The smallest absolute Gasteiger partial charge is 0.325 e. The van der Waals surface area contributed by atoms with E-state index in [1.807, 2.05) is 13.8 Å². The monoisotopic (exact) mass is 240 g/mol. The molecular formula is C13H24N2O2. The minimum Gasteiger partial charge on any atom is -0.325 e. The van der Waals surface area contributed by atoms with Crippen LogP contribution in [-0.2, 0) is 4.79 Å². The normalized spacial score (nSPS) is 23.2. The van der Waals surface area contributed by atoms with E-state index in [0.29, 0.717) is 6.54 Å². The van der Waals surface area contributed by atoms with Gasteiger partial charge in [-0.05, 0) is 11.8 Å². The SMILES string of the molecule is CC[C@H](C)C(=O)N1C(=O)N(C)C[C@H]1C(C)(C)C. The van der Waals surface area contributed by atoms with E-state index in [2.05, 4.69) is 20.8 Å². The first-order valence-electron chi connectivity index (χ1n) is 6.28. The van der Waals surface area contributed by atoms with Crippen molar-refractivity contribution >= 4 is 11.9 Å². The van der Waals surface area contributed by atoms with E-state index in [9.17, 15) is 9.59 Å². The van der Waals surface area contributed by atoms with Crippen molar-refractivity contribution in [2.45, 2.75) is 47.1 Å². The van der Waals surface area contributed by atoms with Crippen LogP contribution >= 0.6 is 0 Å². The van der Waals surface area contributed by atoms with Gasteiger partial charge in [0.05, 0.1) is 6.04 Å². The highest BCUT2D eigenvalue weighted by atomic mass is 16.2. The molecule has 17 heavy (non-hydrogen) atoms. The van der Waals surface area contributed by atoms with E-state index in [0.717, 1.165) is 6.42 Å². The average Bonchev–Trinajstić information content (AvgIpc) is 2.53. The lowest BCUT2D eigenvalue weighted by Gasteiger charge is -2.33. The lowest BCUT2D eigenvalue weighted by atomic mass is 9.86. The zero-order valence-corrected chi connectivity index (χ0v) is 11.8. The Labute approximate surface area is 104 Å². The molecule has 0 unspecified atom stereocenters. The number of likely N-dealkylation sites (N-methyl/N-ethyl adjacent to an activating group) is 1. The van der Waals surface area contributed by atoms with Gasteiger partial charge in [0, 0.05) is 19.5 Å². The molecular weight excluding hydrogens is 216 g/mol. The molecule has 0 bridgehead atoms. The molecule has 0 aliphatic carbocycles. The average molecular weight is 240 g/mol. The van der Waals surface area contributed by atoms with Gasteiger partial charge in [-0.1, -0.05) is 34.6 Å². The molecule has 1 aliphatic heterocycles. The number of hydrogen-bond donors (Lipinski definition) is 0. The van der Waals surface area contributed by atoms with Crippen LogP contribution in [0, 0.1) is 11.3 Å². The van der Waals surface area contributed by atoms with Gasteiger partial charge in [0.1, 0.15) is 0 Å². The van der Waals surface area contributed by atoms with E-state index in [1.165, 1.54) is 4.90 Å². The topological polar surface area (TPSA) is 40.6 Å². The van der Waals surface area contributed by atoms with Gasteiger partial charge < -0.3 is 4.90 Å². The summed E-state index contributed by atoms with van der Waals surface area (Å²) in [6.07, 6.45) is 0.767. The van der Waals surface area contributed by atoms with Crippen molar-refractivity contribution in [2.75, 3.05) is 13.6 Å². The van der Waals surface area contributed by atoms with Gasteiger partial charge >= 0.3 is 6.03 Å². The molecule has 0 radical (unpaired) electrons. The van der Waals surface area contributed by atoms with E-state index in [-0.39, 0.29) is 29.3 Å². The van der Waals surface area contributed by atoms with Crippen molar-refractivity contribution < 1.29 is 9.59 Å². The minimum atomic E-state index is -0.157. The minimum absolute atomic E-state index is 0.0264. The van der Waals surface area contributed by atoms with E-state index >= 15 is 0 Å². The summed E-state index contributed by atoms with van der Waals surface area (Å²) in [6.45, 7) is 10.7. The highest BCUT2D eigenvalue weighted by Crippen LogP contribution is 2.31. The molecule has 0 saturated carbocycles. The van der Waals surface area contributed by atoms with Crippen LogP contribution in [0.15, 0.2) is 0 Å². The molecule has 1 fully saturated rings. The zero-order valence-electron chi connectivity index (χ0n) is 11.8. The molecule has 0 aromatic heterocycles. The fraction of sp³-hybridized carbons (Fsp3) is 0.846. The lowest BCUT2D eigenvalue weighted by Crippen LogP contribution is -2.47. The molecule has 4 nitrogen and oxygen atoms in total. The summed E-state index contributed by atoms with van der Waals surface area (Å²) in [7, 11) is 1.75. The summed E-state index contributed by atoms with van der Waals surface area (Å²) in [6, 6.07) is -0.184. The summed E-state index contributed by atoms with van der Waals surface area (Å²) in [4.78, 5) is 27.4. The van der Waals surface area contributed by atoms with Crippen LogP contribution in [0.5, 0.6) is 0 Å². The standard InChI is InChI=1S/C13H24N2O2/c1-7-9(2)11(16)15-10(13(3,4)5)8-14(6)12(15)17/h9-10H,7-8H2,1-6H3/t9-,10-/m0/s1. The van der Waals surface area contributed by atoms with Crippen LogP contribution < -0.4 is 0 Å². The first-order chi connectivity index (χ1) is 7.70. The fourth-order valence-corrected chi connectivity index (χ4v) is 2.06. The number of rotatable bonds is 2. The molecule has 3 amide bonds. The Bertz CT molecular complexity index is 320. The Balaban J connectivity index is 3.00. The Morgan fingerprint density at radius 1 is 1.47 bits per heavy atom. The van der Waals surface area contributed by atoms with Gasteiger partial charge in [0.15, 0.2) is 0 Å². The van der Waals surface area contributed by atoms with Gasteiger partial charge in [-0.25, -0.2) is 4.79 Å². The summed E-state index contributed by atoms with van der Waals surface area (Å²) in [5, 5.41) is 0. The maximum absolute atomic E-state index is 12.3.